The van der Waals surface area contributed by atoms with Gasteiger partial charge in [0.05, 0.1) is 12.5 Å². The van der Waals surface area contributed by atoms with Crippen molar-refractivity contribution < 1.29 is 19.1 Å². The Morgan fingerprint density at radius 1 is 1.42 bits per heavy atom. The zero-order valence-electron chi connectivity index (χ0n) is 7.20. The molecule has 0 aliphatic heterocycles. The minimum Gasteiger partial charge on any atom is -0.463 e. The Bertz CT molecular complexity index is 167. The lowest BCUT2D eigenvalue weighted by Gasteiger charge is -2.06. The van der Waals surface area contributed by atoms with E-state index in [1.165, 1.54) is 0 Å². The molecule has 0 saturated heterocycles. The van der Waals surface area contributed by atoms with Gasteiger partial charge in [-0.05, 0) is 13.8 Å². The smallest absolute Gasteiger partial charge is 0.404 e. The van der Waals surface area contributed by atoms with Crippen molar-refractivity contribution in [2.75, 3.05) is 6.61 Å². The van der Waals surface area contributed by atoms with Crippen LogP contribution in [-0.4, -0.2) is 24.8 Å². The van der Waals surface area contributed by atoms with Crippen molar-refractivity contribution in [1.82, 2.24) is 0 Å². The summed E-state index contributed by atoms with van der Waals surface area (Å²) < 4.78 is 9.09. The highest BCUT2D eigenvalue weighted by atomic mass is 16.6. The number of carbonyl (C=O) groups excluding carboxylic acids is 2. The van der Waals surface area contributed by atoms with E-state index in [1.807, 2.05) is 0 Å². The number of carbonyl (C=O) groups is 2. The minimum atomic E-state index is -0.882. The van der Waals surface area contributed by atoms with E-state index in [0.717, 1.165) is 0 Å². The summed E-state index contributed by atoms with van der Waals surface area (Å²) in [5, 5.41) is 0. The number of rotatable bonds is 4. The van der Waals surface area contributed by atoms with Crippen molar-refractivity contribution in [1.29, 1.82) is 0 Å². The topological polar surface area (TPSA) is 78.6 Å². The van der Waals surface area contributed by atoms with Crippen molar-refractivity contribution in [3.05, 3.63) is 0 Å². The maximum absolute atomic E-state index is 10.8. The number of hydrogen-bond donors (Lipinski definition) is 1. The summed E-state index contributed by atoms with van der Waals surface area (Å²) in [6.45, 7) is 3.46. The van der Waals surface area contributed by atoms with Crippen molar-refractivity contribution in [3.63, 3.8) is 0 Å². The Labute approximate surface area is 70.8 Å². The highest BCUT2D eigenvalue weighted by Gasteiger charge is 2.05. The lowest BCUT2D eigenvalue weighted by molar-refractivity contribution is -0.148. The third kappa shape index (κ3) is 6.85. The summed E-state index contributed by atoms with van der Waals surface area (Å²) in [4.78, 5) is 20.8. The third-order valence-corrected chi connectivity index (χ3v) is 0.918. The Morgan fingerprint density at radius 3 is 2.42 bits per heavy atom. The summed E-state index contributed by atoms with van der Waals surface area (Å²) in [7, 11) is 0. The fraction of sp³-hybridized carbons (Fsp3) is 0.714. The van der Waals surface area contributed by atoms with Crippen LogP contribution in [0.3, 0.4) is 0 Å². The van der Waals surface area contributed by atoms with Crippen LogP contribution < -0.4 is 5.73 Å². The Kier molecular flexibility index (Phi) is 4.83. The molecule has 0 aromatic rings. The molecule has 0 aliphatic rings. The second-order valence-electron chi connectivity index (χ2n) is 2.46. The molecule has 5 heteroatoms. The number of ether oxygens (including phenoxy) is 2. The van der Waals surface area contributed by atoms with Gasteiger partial charge in [-0.25, -0.2) is 4.79 Å². The zero-order valence-corrected chi connectivity index (χ0v) is 7.20. The van der Waals surface area contributed by atoms with Crippen LogP contribution in [0.5, 0.6) is 0 Å². The van der Waals surface area contributed by atoms with Gasteiger partial charge in [0.25, 0.3) is 0 Å². The normalized spacial score (nSPS) is 9.58. The van der Waals surface area contributed by atoms with Crippen molar-refractivity contribution in [2.24, 2.45) is 5.73 Å². The Hall–Kier alpha value is -1.26. The van der Waals surface area contributed by atoms with Crippen LogP contribution in [0.2, 0.25) is 0 Å². The van der Waals surface area contributed by atoms with E-state index >= 15 is 0 Å². The van der Waals surface area contributed by atoms with Gasteiger partial charge in [0, 0.05) is 0 Å². The van der Waals surface area contributed by atoms with E-state index in [1.54, 1.807) is 13.8 Å². The quantitative estimate of drug-likeness (QED) is 0.628. The summed E-state index contributed by atoms with van der Waals surface area (Å²) in [5.74, 6) is -0.397. The van der Waals surface area contributed by atoms with Crippen molar-refractivity contribution in [3.8, 4) is 0 Å². The third-order valence-electron chi connectivity index (χ3n) is 0.918. The van der Waals surface area contributed by atoms with E-state index in [0.29, 0.717) is 0 Å². The van der Waals surface area contributed by atoms with Crippen LogP contribution in [0.4, 0.5) is 4.79 Å². The first-order valence-electron chi connectivity index (χ1n) is 3.64. The first-order valence-corrected chi connectivity index (χ1v) is 3.64. The predicted octanol–water partition coefficient (Wildman–Crippen LogP) is 0.423. The Morgan fingerprint density at radius 2 is 2.00 bits per heavy atom. The molecule has 0 atom stereocenters. The van der Waals surface area contributed by atoms with Crippen LogP contribution in [0, 0.1) is 0 Å². The van der Waals surface area contributed by atoms with Gasteiger partial charge in [0.1, 0.15) is 6.61 Å². The lowest BCUT2D eigenvalue weighted by Crippen LogP contribution is -2.18. The number of hydrogen-bond acceptors (Lipinski definition) is 4. The predicted molar refractivity (Wildman–Crippen MR) is 41.4 cm³/mol. The molecule has 5 nitrogen and oxygen atoms in total. The molecule has 0 heterocycles. The van der Waals surface area contributed by atoms with E-state index in [-0.39, 0.29) is 19.1 Å². The molecule has 0 bridgehead atoms. The maximum atomic E-state index is 10.8. The van der Waals surface area contributed by atoms with Gasteiger partial charge in [-0.15, -0.1) is 0 Å². The average Bonchev–Trinajstić information content (AvgIpc) is 1.84. The fourth-order valence-corrected chi connectivity index (χ4v) is 0.557. The summed E-state index contributed by atoms with van der Waals surface area (Å²) in [5.41, 5.74) is 4.67. The number of primary amides is 1. The first kappa shape index (κ1) is 10.7. The number of nitrogens with two attached hydrogens (primary N) is 1. The van der Waals surface area contributed by atoms with Gasteiger partial charge in [-0.2, -0.15) is 0 Å². The van der Waals surface area contributed by atoms with Crippen LogP contribution in [-0.2, 0) is 14.3 Å². The van der Waals surface area contributed by atoms with Crippen molar-refractivity contribution in [2.45, 2.75) is 26.4 Å². The van der Waals surface area contributed by atoms with Gasteiger partial charge in [0.2, 0.25) is 0 Å². The zero-order chi connectivity index (χ0) is 9.56. The molecule has 0 radical (unpaired) electrons. The van der Waals surface area contributed by atoms with Gasteiger partial charge in [-0.3, -0.25) is 4.79 Å². The Balaban J connectivity index is 3.38. The van der Waals surface area contributed by atoms with Gasteiger partial charge in [-0.1, -0.05) is 0 Å². The highest BCUT2D eigenvalue weighted by Crippen LogP contribution is 1.93. The SMILES string of the molecule is CC(C)OC(=O)CCOC(N)=O. The highest BCUT2D eigenvalue weighted by molar-refractivity contribution is 5.70. The second kappa shape index (κ2) is 5.40. The second-order valence-corrected chi connectivity index (χ2v) is 2.46. The molecule has 0 aliphatic carbocycles. The summed E-state index contributed by atoms with van der Waals surface area (Å²) in [6.07, 6.45) is -0.986. The monoisotopic (exact) mass is 175 g/mol. The molecule has 70 valence electrons. The molecule has 1 amide bonds. The fourth-order valence-electron chi connectivity index (χ4n) is 0.557. The molecule has 0 unspecified atom stereocenters. The molecule has 0 rings (SSSR count). The van der Waals surface area contributed by atoms with E-state index in [9.17, 15) is 9.59 Å². The number of esters is 1. The molecule has 0 spiro atoms. The molecular weight excluding hydrogens is 162 g/mol. The standard InChI is InChI=1S/C7H13NO4/c1-5(2)12-6(9)3-4-11-7(8)10/h5H,3-4H2,1-2H3,(H2,8,10). The molecule has 12 heavy (non-hydrogen) atoms. The maximum Gasteiger partial charge on any atom is 0.404 e. The van der Waals surface area contributed by atoms with Gasteiger partial charge in [0.15, 0.2) is 0 Å². The number of amides is 1. The summed E-state index contributed by atoms with van der Waals surface area (Å²) in [6, 6.07) is 0. The van der Waals surface area contributed by atoms with E-state index in [2.05, 4.69) is 10.5 Å². The van der Waals surface area contributed by atoms with Gasteiger partial charge >= 0.3 is 12.1 Å². The molecule has 0 aromatic carbocycles. The lowest BCUT2D eigenvalue weighted by atomic mass is 10.4. The largest absolute Gasteiger partial charge is 0.463 e. The van der Waals surface area contributed by atoms with Crippen LogP contribution in [0.15, 0.2) is 0 Å². The molecule has 0 aromatic heterocycles. The van der Waals surface area contributed by atoms with Gasteiger partial charge < -0.3 is 15.2 Å². The van der Waals surface area contributed by atoms with E-state index in [4.69, 9.17) is 4.74 Å². The molecule has 0 fully saturated rings. The van der Waals surface area contributed by atoms with Crippen molar-refractivity contribution >= 4 is 12.1 Å². The molecule has 0 saturated carbocycles. The average molecular weight is 175 g/mol. The van der Waals surface area contributed by atoms with Crippen LogP contribution in [0.1, 0.15) is 20.3 Å². The molecular formula is C7H13NO4. The first-order chi connectivity index (χ1) is 5.52. The van der Waals surface area contributed by atoms with Crippen LogP contribution >= 0.6 is 0 Å². The minimum absolute atomic E-state index is 0.0269. The van der Waals surface area contributed by atoms with E-state index < -0.39 is 12.1 Å². The molecule has 2 N–H and O–H groups in total. The van der Waals surface area contributed by atoms with Crippen LogP contribution in [0.25, 0.3) is 0 Å². The summed E-state index contributed by atoms with van der Waals surface area (Å²) >= 11 is 0.